The number of ether oxygens (including phenoxy) is 1. The molecule has 0 spiro atoms. The Morgan fingerprint density at radius 3 is 2.74 bits per heavy atom. The summed E-state index contributed by atoms with van der Waals surface area (Å²) in [6, 6.07) is 6.34. The molecule has 0 radical (unpaired) electrons. The molecule has 0 bridgehead atoms. The van der Waals surface area contributed by atoms with Gasteiger partial charge in [-0.15, -0.1) is 0 Å². The van der Waals surface area contributed by atoms with E-state index in [0.29, 0.717) is 5.92 Å². The molecule has 1 aliphatic carbocycles. The normalized spacial score (nSPS) is 14.7. The second kappa shape index (κ2) is 4.72. The van der Waals surface area contributed by atoms with Crippen LogP contribution in [0.1, 0.15) is 36.9 Å². The fourth-order valence-electron chi connectivity index (χ4n) is 2.53. The molecule has 1 fully saturated rings. The molecular weight excluding hydrogens is 236 g/mol. The molecule has 19 heavy (non-hydrogen) atoms. The summed E-state index contributed by atoms with van der Waals surface area (Å²) in [5, 5.41) is 4.61. The summed E-state index contributed by atoms with van der Waals surface area (Å²) < 4.78 is 5.37. The number of nitrogens with zero attached hydrogens (tertiary/aromatic N) is 1. The number of aryl methyl sites for hydroxylation is 1. The van der Waals surface area contributed by atoms with Crippen molar-refractivity contribution in [2.24, 2.45) is 0 Å². The minimum Gasteiger partial charge on any atom is -0.497 e. The van der Waals surface area contributed by atoms with Crippen LogP contribution in [0.15, 0.2) is 18.2 Å². The van der Waals surface area contributed by atoms with Crippen LogP contribution in [0, 0.1) is 6.92 Å². The number of pyridine rings is 1. The van der Waals surface area contributed by atoms with E-state index in [2.05, 4.69) is 37.4 Å². The first-order valence-corrected chi connectivity index (χ1v) is 6.96. The smallest absolute Gasteiger partial charge is 0.119 e. The van der Waals surface area contributed by atoms with Gasteiger partial charge in [-0.1, -0.05) is 0 Å². The number of anilines is 1. The van der Waals surface area contributed by atoms with Gasteiger partial charge in [0, 0.05) is 29.2 Å². The fourth-order valence-corrected chi connectivity index (χ4v) is 2.53. The maximum absolute atomic E-state index is 5.37. The lowest BCUT2D eigenvalue weighted by Crippen LogP contribution is -2.01. The average molecular weight is 256 g/mol. The summed E-state index contributed by atoms with van der Waals surface area (Å²) in [5.41, 5.74) is 4.69. The van der Waals surface area contributed by atoms with Crippen LogP contribution in [0.3, 0.4) is 0 Å². The summed E-state index contributed by atoms with van der Waals surface area (Å²) in [7, 11) is 1.71. The first-order valence-electron chi connectivity index (χ1n) is 6.96. The Balaban J connectivity index is 2.23. The zero-order valence-corrected chi connectivity index (χ0v) is 11.8. The van der Waals surface area contributed by atoms with Crippen molar-refractivity contribution in [2.45, 2.75) is 32.6 Å². The van der Waals surface area contributed by atoms with E-state index in [0.717, 1.165) is 23.2 Å². The number of hydrogen-bond acceptors (Lipinski definition) is 3. The van der Waals surface area contributed by atoms with Crippen LogP contribution in [0.2, 0.25) is 0 Å². The molecule has 0 saturated heterocycles. The van der Waals surface area contributed by atoms with Crippen LogP contribution in [-0.4, -0.2) is 18.6 Å². The van der Waals surface area contributed by atoms with Crippen LogP contribution in [-0.2, 0) is 0 Å². The van der Waals surface area contributed by atoms with Crippen LogP contribution in [0.5, 0.6) is 5.75 Å². The molecule has 1 N–H and O–H groups in total. The Labute approximate surface area is 114 Å². The van der Waals surface area contributed by atoms with Gasteiger partial charge in [-0.2, -0.15) is 0 Å². The van der Waals surface area contributed by atoms with Crippen LogP contribution >= 0.6 is 0 Å². The molecule has 3 nitrogen and oxygen atoms in total. The van der Waals surface area contributed by atoms with Crippen molar-refractivity contribution < 1.29 is 4.74 Å². The second-order valence-electron chi connectivity index (χ2n) is 5.24. The van der Waals surface area contributed by atoms with Gasteiger partial charge >= 0.3 is 0 Å². The van der Waals surface area contributed by atoms with E-state index >= 15 is 0 Å². The topological polar surface area (TPSA) is 34.2 Å². The van der Waals surface area contributed by atoms with Crippen LogP contribution < -0.4 is 10.1 Å². The number of benzene rings is 1. The van der Waals surface area contributed by atoms with E-state index in [1.54, 1.807) is 7.11 Å². The van der Waals surface area contributed by atoms with Gasteiger partial charge in [0.25, 0.3) is 0 Å². The molecule has 1 saturated carbocycles. The highest BCUT2D eigenvalue weighted by Crippen LogP contribution is 2.41. The molecule has 2 aromatic rings. The Hall–Kier alpha value is -1.77. The minimum absolute atomic E-state index is 0.670. The van der Waals surface area contributed by atoms with Crippen LogP contribution in [0.4, 0.5) is 5.69 Å². The van der Waals surface area contributed by atoms with Crippen molar-refractivity contribution >= 4 is 16.6 Å². The second-order valence-corrected chi connectivity index (χ2v) is 5.24. The van der Waals surface area contributed by atoms with E-state index in [1.165, 1.54) is 29.8 Å². The van der Waals surface area contributed by atoms with Gasteiger partial charge in [-0.05, 0) is 50.5 Å². The quantitative estimate of drug-likeness (QED) is 0.902. The SMILES string of the molecule is CCNc1cc(C2CC2)nc2c(C)cc(OC)cc12. The predicted molar refractivity (Wildman–Crippen MR) is 79.2 cm³/mol. The molecule has 3 heteroatoms. The summed E-state index contributed by atoms with van der Waals surface area (Å²) in [6.45, 7) is 5.14. The highest BCUT2D eigenvalue weighted by atomic mass is 16.5. The van der Waals surface area contributed by atoms with E-state index in [9.17, 15) is 0 Å². The third-order valence-electron chi connectivity index (χ3n) is 3.70. The Bertz CT molecular complexity index is 618. The minimum atomic E-state index is 0.670. The highest BCUT2D eigenvalue weighted by molar-refractivity contribution is 5.94. The summed E-state index contributed by atoms with van der Waals surface area (Å²) in [6.07, 6.45) is 2.55. The maximum Gasteiger partial charge on any atom is 0.119 e. The maximum atomic E-state index is 5.37. The number of methoxy groups -OCH3 is 1. The van der Waals surface area contributed by atoms with Crippen molar-refractivity contribution in [3.05, 3.63) is 29.5 Å². The zero-order chi connectivity index (χ0) is 13.4. The fraction of sp³-hybridized carbons (Fsp3) is 0.438. The van der Waals surface area contributed by atoms with Gasteiger partial charge in [-0.3, -0.25) is 4.98 Å². The summed E-state index contributed by atoms with van der Waals surface area (Å²) in [4.78, 5) is 4.86. The van der Waals surface area contributed by atoms with Crippen molar-refractivity contribution in [2.75, 3.05) is 19.0 Å². The van der Waals surface area contributed by atoms with Crippen molar-refractivity contribution in [3.63, 3.8) is 0 Å². The molecule has 0 unspecified atom stereocenters. The summed E-state index contributed by atoms with van der Waals surface area (Å²) >= 11 is 0. The number of aromatic nitrogens is 1. The number of hydrogen-bond donors (Lipinski definition) is 1. The van der Waals surface area contributed by atoms with Gasteiger partial charge in [0.2, 0.25) is 0 Å². The standard InChI is InChI=1S/C16H20N2O/c1-4-17-15-9-14(11-5-6-11)18-16-10(2)7-12(19-3)8-13(15)16/h7-9,11H,4-6H2,1-3H3,(H,17,18). The van der Waals surface area contributed by atoms with E-state index in [-0.39, 0.29) is 0 Å². The monoisotopic (exact) mass is 256 g/mol. The molecule has 0 aliphatic heterocycles. The average Bonchev–Trinajstić information content (AvgIpc) is 3.23. The number of fused-ring (bicyclic) bond motifs is 1. The molecule has 3 rings (SSSR count). The third-order valence-corrected chi connectivity index (χ3v) is 3.70. The van der Waals surface area contributed by atoms with E-state index < -0.39 is 0 Å². The Morgan fingerprint density at radius 1 is 1.32 bits per heavy atom. The highest BCUT2D eigenvalue weighted by Gasteiger charge is 2.26. The molecule has 100 valence electrons. The van der Waals surface area contributed by atoms with Crippen molar-refractivity contribution in [3.8, 4) is 5.75 Å². The molecule has 1 aromatic carbocycles. The van der Waals surface area contributed by atoms with Gasteiger partial charge in [-0.25, -0.2) is 0 Å². The number of nitrogens with one attached hydrogen (secondary N) is 1. The van der Waals surface area contributed by atoms with Gasteiger partial charge < -0.3 is 10.1 Å². The number of rotatable bonds is 4. The van der Waals surface area contributed by atoms with Gasteiger partial charge in [0.1, 0.15) is 5.75 Å². The van der Waals surface area contributed by atoms with Gasteiger partial charge in [0.05, 0.1) is 12.6 Å². The molecule has 1 aliphatic rings. The Kier molecular flexibility index (Phi) is 3.05. The largest absolute Gasteiger partial charge is 0.497 e. The molecule has 0 amide bonds. The van der Waals surface area contributed by atoms with E-state index in [4.69, 9.17) is 9.72 Å². The first kappa shape index (κ1) is 12.3. The molecular formula is C16H20N2O. The first-order chi connectivity index (χ1) is 9.22. The third kappa shape index (κ3) is 2.25. The van der Waals surface area contributed by atoms with Gasteiger partial charge in [0.15, 0.2) is 0 Å². The molecule has 0 atom stereocenters. The van der Waals surface area contributed by atoms with Crippen molar-refractivity contribution in [1.29, 1.82) is 0 Å². The lowest BCUT2D eigenvalue weighted by Gasteiger charge is -2.13. The van der Waals surface area contributed by atoms with Crippen molar-refractivity contribution in [1.82, 2.24) is 4.98 Å². The Morgan fingerprint density at radius 2 is 2.11 bits per heavy atom. The van der Waals surface area contributed by atoms with E-state index in [1.807, 2.05) is 0 Å². The molecule has 1 heterocycles. The van der Waals surface area contributed by atoms with Crippen LogP contribution in [0.25, 0.3) is 10.9 Å². The predicted octanol–water partition coefficient (Wildman–Crippen LogP) is 3.86. The lowest BCUT2D eigenvalue weighted by molar-refractivity contribution is 0.415. The summed E-state index contributed by atoms with van der Waals surface area (Å²) in [5.74, 6) is 1.56. The molecule has 1 aromatic heterocycles. The lowest BCUT2D eigenvalue weighted by atomic mass is 10.1. The zero-order valence-electron chi connectivity index (χ0n) is 11.8.